The maximum absolute atomic E-state index is 11.4. The molecule has 2 heterocycles. The first-order valence-corrected chi connectivity index (χ1v) is 9.55. The summed E-state index contributed by atoms with van der Waals surface area (Å²) in [5.74, 6) is 0.744. The molecule has 0 bridgehead atoms. The number of halogens is 1. The third-order valence-electron chi connectivity index (χ3n) is 5.42. The van der Waals surface area contributed by atoms with E-state index in [9.17, 15) is 4.79 Å². The van der Waals surface area contributed by atoms with Gasteiger partial charge in [0, 0.05) is 34.8 Å². The van der Waals surface area contributed by atoms with Crippen molar-refractivity contribution in [3.05, 3.63) is 63.8 Å². The molecule has 1 aliphatic rings. The number of aldehydes is 1. The molecule has 4 rings (SSSR count). The molecule has 0 amide bonds. The molecule has 28 heavy (non-hydrogen) atoms. The smallest absolute Gasteiger partial charge is 0.137 e. The topological polar surface area (TPSA) is 51.2 Å². The summed E-state index contributed by atoms with van der Waals surface area (Å²) in [6, 6.07) is 9.79. The number of methoxy groups -OCH3 is 1. The van der Waals surface area contributed by atoms with E-state index >= 15 is 0 Å². The van der Waals surface area contributed by atoms with E-state index in [2.05, 4.69) is 19.2 Å². The molecule has 0 saturated heterocycles. The molecule has 4 nitrogen and oxygen atoms in total. The number of nitrogens with one attached hydrogen (secondary N) is 1. The highest BCUT2D eigenvalue weighted by Gasteiger charge is 2.26. The molecule has 0 spiro atoms. The van der Waals surface area contributed by atoms with Crippen molar-refractivity contribution in [2.75, 3.05) is 12.4 Å². The number of carbonyl (C=O) groups excluding carboxylic acids is 1. The third-order valence-corrected chi connectivity index (χ3v) is 5.67. The monoisotopic (exact) mass is 392 g/mol. The highest BCUT2D eigenvalue weighted by atomic mass is 35.5. The summed E-state index contributed by atoms with van der Waals surface area (Å²) in [5, 5.41) is 4.22. The predicted molar refractivity (Wildman–Crippen MR) is 113 cm³/mol. The minimum absolute atomic E-state index is 0.364. The number of aromatic nitrogens is 1. The van der Waals surface area contributed by atoms with Gasteiger partial charge in [-0.15, -0.1) is 0 Å². The van der Waals surface area contributed by atoms with Crippen molar-refractivity contribution in [2.24, 2.45) is 0 Å². The van der Waals surface area contributed by atoms with Gasteiger partial charge in [0.2, 0.25) is 0 Å². The molecule has 1 aromatic heterocycles. The maximum Gasteiger partial charge on any atom is 0.137 e. The molecular weight excluding hydrogens is 372 g/mol. The van der Waals surface area contributed by atoms with Gasteiger partial charge in [-0.2, -0.15) is 0 Å². The number of rotatable bonds is 4. The number of nitrogens with zero attached hydrogens (tertiary/aromatic N) is 1. The van der Waals surface area contributed by atoms with Crippen LogP contribution < -0.4 is 10.1 Å². The number of carbonyl (C=O) groups is 1. The van der Waals surface area contributed by atoms with Crippen molar-refractivity contribution in [1.29, 1.82) is 0 Å². The molecule has 0 aliphatic carbocycles. The summed E-state index contributed by atoms with van der Waals surface area (Å²) in [6.45, 7) is 4.84. The van der Waals surface area contributed by atoms with E-state index < -0.39 is 0 Å². The zero-order valence-corrected chi connectivity index (χ0v) is 16.9. The number of benzene rings is 2. The fourth-order valence-corrected chi connectivity index (χ4v) is 4.20. The lowest BCUT2D eigenvalue weighted by molar-refractivity contribution is -0.107. The summed E-state index contributed by atoms with van der Waals surface area (Å²) in [6.07, 6.45) is 3.08. The summed E-state index contributed by atoms with van der Waals surface area (Å²) >= 11 is 6.09. The van der Waals surface area contributed by atoms with E-state index in [1.165, 1.54) is 0 Å². The molecular formula is C23H21ClN2O2. The zero-order chi connectivity index (χ0) is 19.8. The van der Waals surface area contributed by atoms with E-state index in [-0.39, 0.29) is 0 Å². The molecule has 3 aromatic rings. The Balaban J connectivity index is 2.03. The highest BCUT2D eigenvalue weighted by molar-refractivity contribution is 6.30. The minimum Gasteiger partial charge on any atom is -0.495 e. The van der Waals surface area contributed by atoms with Crippen LogP contribution in [0, 0.1) is 13.8 Å². The summed E-state index contributed by atoms with van der Waals surface area (Å²) in [4.78, 5) is 16.1. The fraction of sp³-hybridized carbons (Fsp3) is 0.217. The van der Waals surface area contributed by atoms with Crippen LogP contribution in [0.15, 0.2) is 36.5 Å². The Bertz CT molecular complexity index is 1080. The number of fused-ring (bicyclic) bond motifs is 3. The lowest BCUT2D eigenvalue weighted by atomic mass is 9.83. The molecule has 142 valence electrons. The minimum atomic E-state index is 0.364. The molecule has 0 unspecified atom stereocenters. The Kier molecular flexibility index (Phi) is 4.82. The molecule has 0 saturated carbocycles. The van der Waals surface area contributed by atoms with Crippen molar-refractivity contribution >= 4 is 23.6 Å². The van der Waals surface area contributed by atoms with Crippen LogP contribution in [0.3, 0.4) is 0 Å². The summed E-state index contributed by atoms with van der Waals surface area (Å²) in [7, 11) is 1.65. The highest BCUT2D eigenvalue weighted by Crippen LogP contribution is 2.46. The van der Waals surface area contributed by atoms with Gasteiger partial charge in [0.25, 0.3) is 0 Å². The van der Waals surface area contributed by atoms with Crippen LogP contribution in [0.4, 0.5) is 5.69 Å². The van der Waals surface area contributed by atoms with Crippen LogP contribution in [0.25, 0.3) is 22.4 Å². The van der Waals surface area contributed by atoms with Crippen molar-refractivity contribution in [3.63, 3.8) is 0 Å². The molecule has 0 radical (unpaired) electrons. The Morgan fingerprint density at radius 1 is 1.18 bits per heavy atom. The van der Waals surface area contributed by atoms with Gasteiger partial charge < -0.3 is 14.8 Å². The van der Waals surface area contributed by atoms with Crippen LogP contribution in [-0.4, -0.2) is 18.4 Å². The SMILES string of the molecule is COc1cnc2c(c1)CNc1c(C)c(CC=O)c(-c3ccc(Cl)cc3)c(C)c1-2. The Morgan fingerprint density at radius 2 is 1.93 bits per heavy atom. The van der Waals surface area contributed by atoms with Gasteiger partial charge in [0.1, 0.15) is 12.0 Å². The number of pyridine rings is 1. The first-order valence-electron chi connectivity index (χ1n) is 9.18. The van der Waals surface area contributed by atoms with Crippen LogP contribution >= 0.6 is 11.6 Å². The third kappa shape index (κ3) is 2.94. The summed E-state index contributed by atoms with van der Waals surface area (Å²) < 4.78 is 5.34. The first kappa shape index (κ1) is 18.5. The lowest BCUT2D eigenvalue weighted by Crippen LogP contribution is -2.15. The van der Waals surface area contributed by atoms with Gasteiger partial charge in [0.15, 0.2) is 0 Å². The molecule has 0 atom stereocenters. The number of hydrogen-bond donors (Lipinski definition) is 1. The molecule has 0 fully saturated rings. The van der Waals surface area contributed by atoms with E-state index in [0.29, 0.717) is 18.0 Å². The van der Waals surface area contributed by atoms with Crippen molar-refractivity contribution < 1.29 is 9.53 Å². The predicted octanol–water partition coefficient (Wildman–Crippen LogP) is 5.36. The molecule has 2 aromatic carbocycles. The van der Waals surface area contributed by atoms with Gasteiger partial charge >= 0.3 is 0 Å². The van der Waals surface area contributed by atoms with E-state index in [4.69, 9.17) is 21.3 Å². The molecule has 1 aliphatic heterocycles. The fourth-order valence-electron chi connectivity index (χ4n) is 4.07. The van der Waals surface area contributed by atoms with Crippen LogP contribution in [0.1, 0.15) is 22.3 Å². The summed E-state index contributed by atoms with van der Waals surface area (Å²) in [5.41, 5.74) is 9.54. The molecule has 5 heteroatoms. The Hall–Kier alpha value is -2.85. The molecule has 1 N–H and O–H groups in total. The van der Waals surface area contributed by atoms with E-state index in [0.717, 1.165) is 62.4 Å². The van der Waals surface area contributed by atoms with Gasteiger partial charge in [-0.3, -0.25) is 4.98 Å². The van der Waals surface area contributed by atoms with Crippen LogP contribution in [0.2, 0.25) is 5.02 Å². The first-order chi connectivity index (χ1) is 13.5. The van der Waals surface area contributed by atoms with Crippen LogP contribution in [0.5, 0.6) is 5.75 Å². The maximum atomic E-state index is 11.4. The normalized spacial score (nSPS) is 12.0. The second-order valence-electron chi connectivity index (χ2n) is 6.97. The average Bonchev–Trinajstić information content (AvgIpc) is 2.72. The van der Waals surface area contributed by atoms with Gasteiger partial charge in [-0.25, -0.2) is 0 Å². The van der Waals surface area contributed by atoms with Crippen LogP contribution in [-0.2, 0) is 17.8 Å². The largest absolute Gasteiger partial charge is 0.495 e. The van der Waals surface area contributed by atoms with Crippen molar-refractivity contribution in [3.8, 4) is 28.1 Å². The quantitative estimate of drug-likeness (QED) is 0.607. The second kappa shape index (κ2) is 7.28. The van der Waals surface area contributed by atoms with Gasteiger partial charge in [0.05, 0.1) is 19.0 Å². The van der Waals surface area contributed by atoms with Gasteiger partial charge in [-0.1, -0.05) is 23.7 Å². The Labute approximate surface area is 169 Å². The second-order valence-corrected chi connectivity index (χ2v) is 7.40. The zero-order valence-electron chi connectivity index (χ0n) is 16.1. The number of ether oxygens (including phenoxy) is 1. The van der Waals surface area contributed by atoms with E-state index in [1.54, 1.807) is 13.3 Å². The number of anilines is 1. The Morgan fingerprint density at radius 3 is 2.61 bits per heavy atom. The number of hydrogen-bond acceptors (Lipinski definition) is 4. The van der Waals surface area contributed by atoms with Gasteiger partial charge in [-0.05, 0) is 59.9 Å². The van der Waals surface area contributed by atoms with Crippen molar-refractivity contribution in [1.82, 2.24) is 4.98 Å². The average molecular weight is 393 g/mol. The lowest BCUT2D eigenvalue weighted by Gasteiger charge is -2.28. The van der Waals surface area contributed by atoms with Crippen molar-refractivity contribution in [2.45, 2.75) is 26.8 Å². The standard InChI is InChI=1S/C23H21ClN2O2/c1-13-19(8-9-27)20(15-4-6-17(24)7-5-15)14(2)21-22(13)25-11-16-10-18(28-3)12-26-23(16)21/h4-7,9-10,12,25H,8,11H2,1-3H3. The van der Waals surface area contributed by atoms with E-state index in [1.807, 2.05) is 30.3 Å².